The third kappa shape index (κ3) is 2.36. The zero-order chi connectivity index (χ0) is 18.5. The van der Waals surface area contributed by atoms with Crippen LogP contribution in [0.5, 0.6) is 0 Å². The molecule has 1 aromatic rings. The van der Waals surface area contributed by atoms with Crippen LogP contribution in [0.1, 0.15) is 47.9 Å². The Labute approximate surface area is 144 Å². The fourth-order valence-electron chi connectivity index (χ4n) is 3.95. The summed E-state index contributed by atoms with van der Waals surface area (Å²) in [6, 6.07) is 7.22. The molecule has 1 aromatic carbocycles. The summed E-state index contributed by atoms with van der Waals surface area (Å²) in [4.78, 5) is 0. The molecule has 0 spiro atoms. The van der Waals surface area contributed by atoms with Crippen molar-refractivity contribution in [1.82, 2.24) is 0 Å². The van der Waals surface area contributed by atoms with Crippen LogP contribution in [-0.2, 0) is 0 Å². The lowest BCUT2D eigenvalue weighted by Gasteiger charge is -2.55. The SMILES string of the molecule is Cc1ccc(/C=C/C23CCC(O)(CC2)C(F)(F)C3F)c(C#N)c1C#N. The number of hydrogen-bond acceptors (Lipinski definition) is 3. The Morgan fingerprint density at radius 1 is 1.12 bits per heavy atom. The van der Waals surface area contributed by atoms with Crippen molar-refractivity contribution < 1.29 is 18.3 Å². The van der Waals surface area contributed by atoms with Gasteiger partial charge in [-0.3, -0.25) is 0 Å². The molecule has 3 fully saturated rings. The first-order chi connectivity index (χ1) is 11.7. The maximum Gasteiger partial charge on any atom is 0.307 e. The Hall–Kier alpha value is -2.31. The average molecular weight is 346 g/mol. The molecule has 1 atom stereocenters. The monoisotopic (exact) mass is 346 g/mol. The number of fused-ring (bicyclic) bond motifs is 3. The second-order valence-corrected chi connectivity index (χ2v) is 7.03. The van der Waals surface area contributed by atoms with E-state index in [0.717, 1.165) is 0 Å². The first-order valence-electron chi connectivity index (χ1n) is 8.08. The Kier molecular flexibility index (Phi) is 3.93. The van der Waals surface area contributed by atoms with Gasteiger partial charge in [-0.25, -0.2) is 13.2 Å². The van der Waals surface area contributed by atoms with E-state index in [1.54, 1.807) is 19.1 Å². The quantitative estimate of drug-likeness (QED) is 0.879. The van der Waals surface area contributed by atoms with Crippen molar-refractivity contribution in [3.63, 3.8) is 0 Å². The summed E-state index contributed by atoms with van der Waals surface area (Å²) in [7, 11) is 0. The van der Waals surface area contributed by atoms with Gasteiger partial charge in [-0.2, -0.15) is 10.5 Å². The second-order valence-electron chi connectivity index (χ2n) is 7.03. The maximum absolute atomic E-state index is 14.6. The Morgan fingerprint density at radius 3 is 2.28 bits per heavy atom. The lowest BCUT2D eigenvalue weighted by molar-refractivity contribution is -0.288. The third-order valence-corrected chi connectivity index (χ3v) is 5.72. The number of nitrogens with zero attached hydrogens (tertiary/aromatic N) is 2. The zero-order valence-corrected chi connectivity index (χ0v) is 13.7. The summed E-state index contributed by atoms with van der Waals surface area (Å²) in [6.45, 7) is 1.70. The molecule has 130 valence electrons. The molecule has 1 unspecified atom stereocenters. The van der Waals surface area contributed by atoms with Crippen LogP contribution in [0.4, 0.5) is 13.2 Å². The van der Waals surface area contributed by atoms with Gasteiger partial charge in [0.2, 0.25) is 0 Å². The van der Waals surface area contributed by atoms with Crippen LogP contribution in [0.3, 0.4) is 0 Å². The van der Waals surface area contributed by atoms with Gasteiger partial charge in [-0.1, -0.05) is 24.3 Å². The number of hydrogen-bond donors (Lipinski definition) is 1. The highest BCUT2D eigenvalue weighted by Crippen LogP contribution is 2.61. The van der Waals surface area contributed by atoms with E-state index in [1.165, 1.54) is 12.2 Å². The average Bonchev–Trinajstić information content (AvgIpc) is 2.60. The van der Waals surface area contributed by atoms with E-state index >= 15 is 0 Å². The second kappa shape index (κ2) is 5.61. The highest BCUT2D eigenvalue weighted by molar-refractivity contribution is 5.65. The van der Waals surface area contributed by atoms with Gasteiger partial charge in [0.1, 0.15) is 17.7 Å². The van der Waals surface area contributed by atoms with E-state index < -0.39 is 23.1 Å². The van der Waals surface area contributed by atoms with Crippen molar-refractivity contribution in [2.45, 2.75) is 50.3 Å². The molecule has 0 aliphatic heterocycles. The Morgan fingerprint density at radius 2 is 1.72 bits per heavy atom. The van der Waals surface area contributed by atoms with Gasteiger partial charge in [-0.05, 0) is 43.7 Å². The summed E-state index contributed by atoms with van der Waals surface area (Å²) in [5, 5.41) is 28.5. The van der Waals surface area contributed by atoms with Gasteiger partial charge in [0.05, 0.1) is 11.1 Å². The van der Waals surface area contributed by atoms with Gasteiger partial charge >= 0.3 is 5.92 Å². The van der Waals surface area contributed by atoms with Crippen LogP contribution in [0, 0.1) is 35.0 Å². The molecule has 1 N–H and O–H groups in total. The largest absolute Gasteiger partial charge is 0.383 e. The topological polar surface area (TPSA) is 67.8 Å². The van der Waals surface area contributed by atoms with Crippen LogP contribution >= 0.6 is 0 Å². The summed E-state index contributed by atoms with van der Waals surface area (Å²) >= 11 is 0. The predicted octanol–water partition coefficient (Wildman–Crippen LogP) is 4.03. The molecule has 3 aliphatic rings. The molecule has 0 radical (unpaired) electrons. The molecule has 2 bridgehead atoms. The number of halogens is 3. The molecule has 0 amide bonds. The summed E-state index contributed by atoms with van der Waals surface area (Å²) in [6.07, 6.45) is 0.301. The van der Waals surface area contributed by atoms with Crippen LogP contribution < -0.4 is 0 Å². The summed E-state index contributed by atoms with van der Waals surface area (Å²) in [5.41, 5.74) is -2.20. The molecule has 0 saturated heterocycles. The van der Waals surface area contributed by atoms with E-state index in [1.807, 2.05) is 12.1 Å². The number of nitriles is 2. The Balaban J connectivity index is 2.01. The standard InChI is InChI=1S/C19H17F3N2O/c1-12-2-3-13(15(11-24)14(12)10-23)4-5-17-6-8-18(25,9-7-17)19(21,22)16(17)20/h2-5,16,25H,6-9H2,1H3/b5-4+. The molecule has 3 saturated carbocycles. The normalized spacial score (nSPS) is 33.2. The molecule has 25 heavy (non-hydrogen) atoms. The van der Waals surface area contributed by atoms with Gasteiger partial charge in [0.25, 0.3) is 0 Å². The summed E-state index contributed by atoms with van der Waals surface area (Å²) in [5.74, 6) is -3.79. The number of rotatable bonds is 2. The minimum atomic E-state index is -3.79. The minimum Gasteiger partial charge on any atom is -0.383 e. The zero-order valence-electron chi connectivity index (χ0n) is 13.7. The van der Waals surface area contributed by atoms with E-state index in [0.29, 0.717) is 11.1 Å². The predicted molar refractivity (Wildman–Crippen MR) is 85.3 cm³/mol. The Bertz CT molecular complexity index is 824. The van der Waals surface area contributed by atoms with Gasteiger partial charge in [-0.15, -0.1) is 0 Å². The highest BCUT2D eigenvalue weighted by Gasteiger charge is 2.70. The molecular formula is C19H17F3N2O. The fourth-order valence-corrected chi connectivity index (χ4v) is 3.95. The number of allylic oxidation sites excluding steroid dienone is 1. The van der Waals surface area contributed by atoms with Gasteiger partial charge in [0.15, 0.2) is 6.17 Å². The van der Waals surface area contributed by atoms with E-state index in [9.17, 15) is 28.8 Å². The minimum absolute atomic E-state index is 0.121. The third-order valence-electron chi connectivity index (χ3n) is 5.72. The molecule has 6 heteroatoms. The number of benzene rings is 1. The van der Waals surface area contributed by atoms with Crippen molar-refractivity contribution in [3.8, 4) is 12.1 Å². The number of aryl methyl sites for hydroxylation is 1. The van der Waals surface area contributed by atoms with E-state index in [-0.39, 0.29) is 36.8 Å². The lowest BCUT2D eigenvalue weighted by Crippen LogP contribution is -2.67. The smallest absolute Gasteiger partial charge is 0.307 e. The van der Waals surface area contributed by atoms with Crippen LogP contribution in [-0.4, -0.2) is 22.8 Å². The van der Waals surface area contributed by atoms with Crippen molar-refractivity contribution in [2.24, 2.45) is 5.41 Å². The molecule has 4 rings (SSSR count). The highest BCUT2D eigenvalue weighted by atomic mass is 19.3. The van der Waals surface area contributed by atoms with Crippen LogP contribution in [0.25, 0.3) is 6.08 Å². The van der Waals surface area contributed by atoms with Crippen LogP contribution in [0.15, 0.2) is 18.2 Å². The number of aliphatic hydroxyl groups is 1. The molecule has 3 aliphatic carbocycles. The van der Waals surface area contributed by atoms with Gasteiger partial charge in [0, 0.05) is 5.41 Å². The van der Waals surface area contributed by atoms with E-state index in [2.05, 4.69) is 0 Å². The van der Waals surface area contributed by atoms with Gasteiger partial charge < -0.3 is 5.11 Å². The van der Waals surface area contributed by atoms with Crippen molar-refractivity contribution in [2.75, 3.05) is 0 Å². The van der Waals surface area contributed by atoms with Crippen molar-refractivity contribution in [1.29, 1.82) is 10.5 Å². The van der Waals surface area contributed by atoms with Crippen molar-refractivity contribution >= 4 is 6.08 Å². The molecule has 3 nitrogen and oxygen atoms in total. The van der Waals surface area contributed by atoms with Crippen molar-refractivity contribution in [3.05, 3.63) is 40.5 Å². The van der Waals surface area contributed by atoms with E-state index in [4.69, 9.17) is 0 Å². The first-order valence-corrected chi connectivity index (χ1v) is 8.08. The number of alkyl halides is 3. The molecule has 0 aromatic heterocycles. The maximum atomic E-state index is 14.6. The first kappa shape index (κ1) is 17.5. The molecule has 0 heterocycles. The summed E-state index contributed by atoms with van der Waals surface area (Å²) < 4.78 is 43.0. The van der Waals surface area contributed by atoms with Crippen LogP contribution in [0.2, 0.25) is 0 Å². The molecular weight excluding hydrogens is 329 g/mol. The lowest BCUT2D eigenvalue weighted by atomic mass is 9.55. The fraction of sp³-hybridized carbons (Fsp3) is 0.474.